The predicted octanol–water partition coefficient (Wildman–Crippen LogP) is 3.58. The van der Waals surface area contributed by atoms with Crippen LogP contribution < -0.4 is 5.32 Å². The summed E-state index contributed by atoms with van der Waals surface area (Å²) in [6.07, 6.45) is 3.40. The molecule has 2 heteroatoms. The van der Waals surface area contributed by atoms with E-state index in [1.807, 2.05) is 7.11 Å². The standard InChI is InChI=1S/C17H27NO/c1-5-17(6-2,19-4)16(18-3)15-12-14(15)13-10-8-7-9-11-13/h7-11,14-16,18H,5-6,12H2,1-4H3. The van der Waals surface area contributed by atoms with Crippen LogP contribution >= 0.6 is 0 Å². The molecular formula is C17H27NO. The Balaban J connectivity index is 2.13. The van der Waals surface area contributed by atoms with Crippen LogP contribution in [0.2, 0.25) is 0 Å². The Morgan fingerprint density at radius 1 is 1.26 bits per heavy atom. The van der Waals surface area contributed by atoms with Crippen molar-refractivity contribution in [3.8, 4) is 0 Å². The maximum atomic E-state index is 5.91. The van der Waals surface area contributed by atoms with Crippen LogP contribution in [-0.2, 0) is 4.74 Å². The minimum atomic E-state index is -0.0249. The summed E-state index contributed by atoms with van der Waals surface area (Å²) >= 11 is 0. The van der Waals surface area contributed by atoms with Gasteiger partial charge in [-0.1, -0.05) is 44.2 Å². The third-order valence-electron chi connectivity index (χ3n) is 4.98. The molecule has 106 valence electrons. The first-order valence-corrected chi connectivity index (χ1v) is 7.49. The molecule has 0 aromatic heterocycles. The van der Waals surface area contributed by atoms with Crippen LogP contribution in [0, 0.1) is 5.92 Å². The molecule has 0 bridgehead atoms. The summed E-state index contributed by atoms with van der Waals surface area (Å²) in [4.78, 5) is 0. The van der Waals surface area contributed by atoms with Crippen molar-refractivity contribution in [3.05, 3.63) is 35.9 Å². The Hall–Kier alpha value is -0.860. The molecule has 1 fully saturated rings. The number of nitrogens with one attached hydrogen (secondary N) is 1. The summed E-state index contributed by atoms with van der Waals surface area (Å²) in [7, 11) is 3.93. The average Bonchev–Trinajstić information content (AvgIpc) is 3.26. The van der Waals surface area contributed by atoms with Gasteiger partial charge in [0, 0.05) is 13.2 Å². The van der Waals surface area contributed by atoms with E-state index in [0.717, 1.165) is 12.8 Å². The van der Waals surface area contributed by atoms with Gasteiger partial charge in [-0.15, -0.1) is 0 Å². The number of hydrogen-bond donors (Lipinski definition) is 1. The molecule has 1 aromatic rings. The van der Waals surface area contributed by atoms with E-state index in [1.165, 1.54) is 12.0 Å². The van der Waals surface area contributed by atoms with Crippen LogP contribution in [0.1, 0.15) is 44.6 Å². The Morgan fingerprint density at radius 3 is 2.37 bits per heavy atom. The quantitative estimate of drug-likeness (QED) is 0.810. The van der Waals surface area contributed by atoms with Crippen LogP contribution in [0.3, 0.4) is 0 Å². The van der Waals surface area contributed by atoms with E-state index in [-0.39, 0.29) is 5.60 Å². The largest absolute Gasteiger partial charge is 0.377 e. The Morgan fingerprint density at radius 2 is 1.89 bits per heavy atom. The second-order valence-electron chi connectivity index (χ2n) is 5.66. The second kappa shape index (κ2) is 6.06. The van der Waals surface area contributed by atoms with Crippen LogP contribution in [0.15, 0.2) is 30.3 Å². The summed E-state index contributed by atoms with van der Waals surface area (Å²) < 4.78 is 5.91. The smallest absolute Gasteiger partial charge is 0.0828 e. The molecule has 0 heterocycles. The summed E-state index contributed by atoms with van der Waals surface area (Å²) in [5, 5.41) is 3.53. The first kappa shape index (κ1) is 14.5. The molecule has 1 aromatic carbocycles. The lowest BCUT2D eigenvalue weighted by Crippen LogP contribution is -2.52. The summed E-state index contributed by atoms with van der Waals surface area (Å²) in [6, 6.07) is 11.3. The molecule has 19 heavy (non-hydrogen) atoms. The van der Waals surface area contributed by atoms with Crippen LogP contribution in [-0.4, -0.2) is 25.8 Å². The highest BCUT2D eigenvalue weighted by molar-refractivity contribution is 5.27. The fourth-order valence-electron chi connectivity index (χ4n) is 3.64. The fourth-order valence-corrected chi connectivity index (χ4v) is 3.64. The van der Waals surface area contributed by atoms with E-state index in [2.05, 4.69) is 56.5 Å². The zero-order valence-corrected chi connectivity index (χ0v) is 12.6. The van der Waals surface area contributed by atoms with Gasteiger partial charge >= 0.3 is 0 Å². The number of rotatable bonds is 7. The maximum absolute atomic E-state index is 5.91. The van der Waals surface area contributed by atoms with Gasteiger partial charge in [-0.05, 0) is 43.7 Å². The van der Waals surface area contributed by atoms with Gasteiger partial charge in [0.25, 0.3) is 0 Å². The summed E-state index contributed by atoms with van der Waals surface area (Å²) in [5.41, 5.74) is 1.45. The SMILES string of the molecule is CCC(CC)(OC)C(NC)C1CC1c1ccccc1. The monoisotopic (exact) mass is 261 g/mol. The van der Waals surface area contributed by atoms with Crippen molar-refractivity contribution in [2.24, 2.45) is 5.92 Å². The van der Waals surface area contributed by atoms with E-state index in [1.54, 1.807) is 0 Å². The van der Waals surface area contributed by atoms with Crippen molar-refractivity contribution < 1.29 is 4.74 Å². The van der Waals surface area contributed by atoms with E-state index < -0.39 is 0 Å². The van der Waals surface area contributed by atoms with Gasteiger partial charge in [-0.2, -0.15) is 0 Å². The highest BCUT2D eigenvalue weighted by atomic mass is 16.5. The molecule has 0 saturated heterocycles. The molecule has 3 atom stereocenters. The number of ether oxygens (including phenoxy) is 1. The van der Waals surface area contributed by atoms with E-state index >= 15 is 0 Å². The molecule has 0 amide bonds. The van der Waals surface area contributed by atoms with Gasteiger partial charge in [0.15, 0.2) is 0 Å². The minimum Gasteiger partial charge on any atom is -0.377 e. The summed E-state index contributed by atoms with van der Waals surface area (Å²) in [6.45, 7) is 4.47. The molecule has 1 aliphatic carbocycles. The highest BCUT2D eigenvalue weighted by Crippen LogP contribution is 2.52. The normalized spacial score (nSPS) is 24.2. The first-order chi connectivity index (χ1) is 9.22. The van der Waals surface area contributed by atoms with Crippen LogP contribution in [0.5, 0.6) is 0 Å². The topological polar surface area (TPSA) is 21.3 Å². The highest BCUT2D eigenvalue weighted by Gasteiger charge is 2.50. The van der Waals surface area contributed by atoms with Crippen LogP contribution in [0.4, 0.5) is 0 Å². The molecule has 1 aliphatic rings. The molecule has 0 aliphatic heterocycles. The predicted molar refractivity (Wildman–Crippen MR) is 80.5 cm³/mol. The minimum absolute atomic E-state index is 0.0249. The molecular weight excluding hydrogens is 234 g/mol. The zero-order chi connectivity index (χ0) is 13.9. The van der Waals surface area contributed by atoms with Gasteiger partial charge in [-0.25, -0.2) is 0 Å². The lowest BCUT2D eigenvalue weighted by atomic mass is 9.84. The zero-order valence-electron chi connectivity index (χ0n) is 12.6. The average molecular weight is 261 g/mol. The van der Waals surface area contributed by atoms with E-state index in [4.69, 9.17) is 4.74 Å². The molecule has 2 rings (SSSR count). The third kappa shape index (κ3) is 2.70. The lowest BCUT2D eigenvalue weighted by Gasteiger charge is -2.39. The molecule has 3 unspecified atom stereocenters. The van der Waals surface area contributed by atoms with E-state index in [9.17, 15) is 0 Å². The van der Waals surface area contributed by atoms with Gasteiger partial charge in [0.1, 0.15) is 0 Å². The Bertz CT molecular complexity index is 377. The lowest BCUT2D eigenvalue weighted by molar-refractivity contribution is -0.0517. The molecule has 1 saturated carbocycles. The van der Waals surface area contributed by atoms with Crippen LogP contribution in [0.25, 0.3) is 0 Å². The Labute approximate surface area is 117 Å². The van der Waals surface area contributed by atoms with Crippen molar-refractivity contribution in [3.63, 3.8) is 0 Å². The van der Waals surface area contributed by atoms with Gasteiger partial charge in [0.2, 0.25) is 0 Å². The number of likely N-dealkylation sites (N-methyl/N-ethyl adjacent to an activating group) is 1. The number of hydrogen-bond acceptors (Lipinski definition) is 2. The van der Waals surface area contributed by atoms with Crippen molar-refractivity contribution in [2.75, 3.05) is 14.2 Å². The second-order valence-corrected chi connectivity index (χ2v) is 5.66. The van der Waals surface area contributed by atoms with E-state index in [0.29, 0.717) is 17.9 Å². The number of benzene rings is 1. The molecule has 1 N–H and O–H groups in total. The Kier molecular flexibility index (Phi) is 4.64. The molecule has 2 nitrogen and oxygen atoms in total. The van der Waals surface area contributed by atoms with Crippen molar-refractivity contribution in [2.45, 2.75) is 50.7 Å². The third-order valence-corrected chi connectivity index (χ3v) is 4.98. The first-order valence-electron chi connectivity index (χ1n) is 7.49. The van der Waals surface area contributed by atoms with Gasteiger partial charge in [0.05, 0.1) is 5.60 Å². The maximum Gasteiger partial charge on any atom is 0.0828 e. The molecule has 0 spiro atoms. The van der Waals surface area contributed by atoms with Gasteiger partial charge < -0.3 is 10.1 Å². The summed E-state index contributed by atoms with van der Waals surface area (Å²) in [5.74, 6) is 1.40. The fraction of sp³-hybridized carbons (Fsp3) is 0.647. The van der Waals surface area contributed by atoms with Gasteiger partial charge in [-0.3, -0.25) is 0 Å². The van der Waals surface area contributed by atoms with Crippen molar-refractivity contribution in [1.82, 2.24) is 5.32 Å². The molecule has 0 radical (unpaired) electrons. The number of methoxy groups -OCH3 is 1. The van der Waals surface area contributed by atoms with Crippen molar-refractivity contribution in [1.29, 1.82) is 0 Å². The van der Waals surface area contributed by atoms with Crippen molar-refractivity contribution >= 4 is 0 Å².